The van der Waals surface area contributed by atoms with Crippen LogP contribution in [0.4, 0.5) is 4.39 Å². The molecule has 0 atom stereocenters. The predicted octanol–water partition coefficient (Wildman–Crippen LogP) is 3.62. The lowest BCUT2D eigenvalue weighted by atomic mass is 9.96. The zero-order valence-electron chi connectivity index (χ0n) is 14.3. The van der Waals surface area contributed by atoms with Gasteiger partial charge in [-0.15, -0.1) is 0 Å². The molecule has 134 valence electrons. The largest absolute Gasteiger partial charge is 0.491 e. The van der Waals surface area contributed by atoms with Gasteiger partial charge < -0.3 is 4.74 Å². The topological polar surface area (TPSA) is 55.4 Å². The van der Waals surface area contributed by atoms with E-state index in [9.17, 15) is 12.8 Å². The summed E-state index contributed by atoms with van der Waals surface area (Å²) in [7, 11) is -3.59. The maximum absolute atomic E-state index is 13.1. The molecule has 0 amide bonds. The minimum Gasteiger partial charge on any atom is -0.491 e. The molecule has 2 aromatic rings. The van der Waals surface area contributed by atoms with Gasteiger partial charge in [-0.1, -0.05) is 12.1 Å². The van der Waals surface area contributed by atoms with Crippen LogP contribution in [0.5, 0.6) is 5.75 Å². The maximum atomic E-state index is 13.1. The van der Waals surface area contributed by atoms with Crippen molar-refractivity contribution < 1.29 is 17.5 Å². The monoisotopic (exact) mass is 363 g/mol. The Balaban J connectivity index is 1.68. The van der Waals surface area contributed by atoms with Crippen molar-refractivity contribution in [2.24, 2.45) is 0 Å². The fraction of sp³-hybridized carbons (Fsp3) is 0.368. The first-order valence-electron chi connectivity index (χ1n) is 8.33. The van der Waals surface area contributed by atoms with Gasteiger partial charge in [-0.3, -0.25) is 0 Å². The zero-order valence-corrected chi connectivity index (χ0v) is 15.1. The summed E-state index contributed by atoms with van der Waals surface area (Å²) < 4.78 is 46.3. The van der Waals surface area contributed by atoms with Crippen LogP contribution in [0.1, 0.15) is 32.3 Å². The van der Waals surface area contributed by atoms with Crippen molar-refractivity contribution in [2.75, 3.05) is 6.54 Å². The lowest BCUT2D eigenvalue weighted by Gasteiger charge is -2.17. The molecule has 1 saturated carbocycles. The first kappa shape index (κ1) is 17.9. The Hall–Kier alpha value is -1.92. The Bertz CT molecular complexity index is 826. The van der Waals surface area contributed by atoms with E-state index in [1.807, 2.05) is 13.8 Å². The van der Waals surface area contributed by atoms with E-state index < -0.39 is 10.0 Å². The van der Waals surface area contributed by atoms with Gasteiger partial charge in [0.05, 0.1) is 11.0 Å². The summed E-state index contributed by atoms with van der Waals surface area (Å²) in [5, 5.41) is 0. The van der Waals surface area contributed by atoms with Crippen molar-refractivity contribution >= 4 is 10.0 Å². The lowest BCUT2D eigenvalue weighted by Crippen LogP contribution is -2.32. The smallest absolute Gasteiger partial charge is 0.240 e. The number of hydrogen-bond acceptors (Lipinski definition) is 3. The summed E-state index contributed by atoms with van der Waals surface area (Å²) in [5.41, 5.74) is 0.749. The van der Waals surface area contributed by atoms with E-state index in [1.54, 1.807) is 24.3 Å². The second-order valence-corrected chi connectivity index (χ2v) is 8.52. The first-order chi connectivity index (χ1) is 11.8. The quantitative estimate of drug-likeness (QED) is 0.817. The highest BCUT2D eigenvalue weighted by atomic mass is 32.2. The molecule has 0 aliphatic heterocycles. The molecule has 0 radical (unpaired) electrons. The summed E-state index contributed by atoms with van der Waals surface area (Å²) in [6, 6.07) is 12.7. The molecule has 1 aliphatic carbocycles. The van der Waals surface area contributed by atoms with Gasteiger partial charge in [0.25, 0.3) is 0 Å². The van der Waals surface area contributed by atoms with E-state index in [-0.39, 0.29) is 22.2 Å². The van der Waals surface area contributed by atoms with E-state index in [2.05, 4.69) is 4.72 Å². The molecule has 0 spiro atoms. The predicted molar refractivity (Wildman–Crippen MR) is 94.7 cm³/mol. The van der Waals surface area contributed by atoms with Crippen molar-refractivity contribution in [3.8, 4) is 5.75 Å². The van der Waals surface area contributed by atoms with E-state index in [1.165, 1.54) is 24.3 Å². The Morgan fingerprint density at radius 2 is 1.68 bits per heavy atom. The van der Waals surface area contributed by atoms with E-state index in [0.29, 0.717) is 12.3 Å². The van der Waals surface area contributed by atoms with Gasteiger partial charge in [0.2, 0.25) is 10.0 Å². The van der Waals surface area contributed by atoms with Crippen LogP contribution >= 0.6 is 0 Å². The molecule has 2 aromatic carbocycles. The molecule has 1 aliphatic rings. The normalized spacial score (nSPS) is 16.0. The van der Waals surface area contributed by atoms with Crippen molar-refractivity contribution in [1.82, 2.24) is 4.72 Å². The van der Waals surface area contributed by atoms with Crippen molar-refractivity contribution in [2.45, 2.75) is 43.1 Å². The minimum atomic E-state index is -3.59. The summed E-state index contributed by atoms with van der Waals surface area (Å²) >= 11 is 0. The number of hydrogen-bond donors (Lipinski definition) is 1. The van der Waals surface area contributed by atoms with Crippen LogP contribution in [0.15, 0.2) is 53.4 Å². The zero-order chi connectivity index (χ0) is 18.1. The third-order valence-electron chi connectivity index (χ3n) is 4.42. The van der Waals surface area contributed by atoms with Gasteiger partial charge in [0.1, 0.15) is 11.6 Å². The highest BCUT2D eigenvalue weighted by Crippen LogP contribution is 2.47. The van der Waals surface area contributed by atoms with Crippen molar-refractivity contribution in [1.29, 1.82) is 0 Å². The highest BCUT2D eigenvalue weighted by molar-refractivity contribution is 7.89. The minimum absolute atomic E-state index is 0.0333. The molecular formula is C19H22FNO3S. The Kier molecular flexibility index (Phi) is 4.84. The van der Waals surface area contributed by atoms with Gasteiger partial charge in [-0.25, -0.2) is 17.5 Å². The molecule has 3 rings (SSSR count). The van der Waals surface area contributed by atoms with Gasteiger partial charge in [0.15, 0.2) is 0 Å². The second-order valence-electron chi connectivity index (χ2n) is 6.75. The number of nitrogens with one attached hydrogen (secondary N) is 1. The first-order valence-corrected chi connectivity index (χ1v) is 9.82. The lowest BCUT2D eigenvalue weighted by molar-refractivity contribution is 0.242. The third kappa shape index (κ3) is 4.19. The number of rotatable bonds is 7. The third-order valence-corrected chi connectivity index (χ3v) is 5.83. The van der Waals surface area contributed by atoms with Gasteiger partial charge >= 0.3 is 0 Å². The number of ether oxygens (including phenoxy) is 1. The summed E-state index contributed by atoms with van der Waals surface area (Å²) in [4.78, 5) is 0.207. The van der Waals surface area contributed by atoms with Crippen LogP contribution in [-0.2, 0) is 15.4 Å². The molecule has 0 heterocycles. The average Bonchev–Trinajstić information content (AvgIpc) is 3.35. The Morgan fingerprint density at radius 1 is 1.08 bits per heavy atom. The van der Waals surface area contributed by atoms with Gasteiger partial charge in [0, 0.05) is 12.0 Å². The van der Waals surface area contributed by atoms with E-state index in [4.69, 9.17) is 4.74 Å². The fourth-order valence-electron chi connectivity index (χ4n) is 2.81. The standard InChI is InChI=1S/C19H22FNO3S/c1-14(2)24-17-7-9-18(10-8-17)25(22,23)21-13-19(11-12-19)15-3-5-16(20)6-4-15/h3-10,14,21H,11-13H2,1-2H3. The van der Waals surface area contributed by atoms with Gasteiger partial charge in [-0.2, -0.15) is 0 Å². The molecule has 0 unspecified atom stereocenters. The van der Waals surface area contributed by atoms with Crippen LogP contribution in [0.2, 0.25) is 0 Å². The Labute approximate surface area is 148 Å². The summed E-state index contributed by atoms with van der Waals surface area (Å²) in [6.07, 6.45) is 1.82. The molecule has 1 fully saturated rings. The molecule has 0 bridgehead atoms. The SMILES string of the molecule is CC(C)Oc1ccc(S(=O)(=O)NCC2(c3ccc(F)cc3)CC2)cc1. The van der Waals surface area contributed by atoms with Crippen molar-refractivity contribution in [3.63, 3.8) is 0 Å². The van der Waals surface area contributed by atoms with E-state index in [0.717, 1.165) is 18.4 Å². The molecule has 0 aromatic heterocycles. The molecular weight excluding hydrogens is 341 g/mol. The van der Waals surface area contributed by atoms with Crippen LogP contribution in [0.25, 0.3) is 0 Å². The molecule has 1 N–H and O–H groups in total. The van der Waals surface area contributed by atoms with Crippen molar-refractivity contribution in [3.05, 3.63) is 59.9 Å². The molecule has 4 nitrogen and oxygen atoms in total. The van der Waals surface area contributed by atoms with Crippen LogP contribution in [0.3, 0.4) is 0 Å². The summed E-state index contributed by atoms with van der Waals surface area (Å²) in [5.74, 6) is 0.350. The number of sulfonamides is 1. The summed E-state index contributed by atoms with van der Waals surface area (Å²) in [6.45, 7) is 4.14. The number of halogens is 1. The molecule has 25 heavy (non-hydrogen) atoms. The van der Waals surface area contributed by atoms with Crippen LogP contribution < -0.4 is 9.46 Å². The van der Waals surface area contributed by atoms with Crippen LogP contribution in [-0.4, -0.2) is 21.1 Å². The maximum Gasteiger partial charge on any atom is 0.240 e. The molecule has 6 heteroatoms. The van der Waals surface area contributed by atoms with Gasteiger partial charge in [-0.05, 0) is 68.7 Å². The Morgan fingerprint density at radius 3 is 2.20 bits per heavy atom. The average molecular weight is 363 g/mol. The van der Waals surface area contributed by atoms with Crippen LogP contribution in [0, 0.1) is 5.82 Å². The van der Waals surface area contributed by atoms with E-state index >= 15 is 0 Å². The second kappa shape index (κ2) is 6.77. The number of benzene rings is 2. The highest BCUT2D eigenvalue weighted by Gasteiger charge is 2.44. The molecule has 0 saturated heterocycles. The fourth-order valence-corrected chi connectivity index (χ4v) is 3.94.